The Morgan fingerprint density at radius 2 is 1.80 bits per heavy atom. The Balaban J connectivity index is 4.32. The maximum absolute atomic E-state index is 11.6. The van der Waals surface area contributed by atoms with E-state index >= 15 is 0 Å². The van der Waals surface area contributed by atoms with Gasteiger partial charge in [-0.25, -0.2) is 0 Å². The highest BCUT2D eigenvalue weighted by atomic mass is 16.2. The van der Waals surface area contributed by atoms with Crippen LogP contribution in [-0.4, -0.2) is 37.0 Å². The van der Waals surface area contributed by atoms with Crippen molar-refractivity contribution in [3.8, 4) is 6.07 Å². The van der Waals surface area contributed by atoms with Gasteiger partial charge in [0.2, 0.25) is 5.91 Å². The molecule has 0 aromatic rings. The second kappa shape index (κ2) is 4.63. The molecule has 0 bridgehead atoms. The van der Waals surface area contributed by atoms with Crippen molar-refractivity contribution >= 4 is 5.91 Å². The molecule has 0 aromatic heterocycles. The van der Waals surface area contributed by atoms with E-state index in [0.717, 1.165) is 0 Å². The fourth-order valence-electron chi connectivity index (χ4n) is 0.726. The highest BCUT2D eigenvalue weighted by Crippen LogP contribution is 2.14. The van der Waals surface area contributed by atoms with Crippen molar-refractivity contribution in [3.63, 3.8) is 0 Å². The Morgan fingerprint density at radius 3 is 2.13 bits per heavy atom. The van der Waals surface area contributed by atoms with Crippen molar-refractivity contribution in [1.29, 1.82) is 5.26 Å². The third kappa shape index (κ3) is 3.88. The van der Waals surface area contributed by atoms with Crippen molar-refractivity contribution in [3.05, 3.63) is 0 Å². The summed E-state index contributed by atoms with van der Waals surface area (Å²) in [5, 5.41) is 11.6. The van der Waals surface area contributed by atoms with Crippen molar-refractivity contribution in [2.24, 2.45) is 5.41 Å². The van der Waals surface area contributed by atoms with E-state index in [1.807, 2.05) is 38.9 Å². The highest BCUT2D eigenvalue weighted by Gasteiger charge is 2.29. The predicted octanol–water partition coefficient (Wildman–Crippen LogP) is 0.993. The molecule has 0 fully saturated rings. The smallest absolute Gasteiger partial charge is 0.239 e. The molecule has 15 heavy (non-hydrogen) atoms. The topological polar surface area (TPSA) is 56.1 Å². The van der Waals surface area contributed by atoms with Crippen LogP contribution >= 0.6 is 0 Å². The van der Waals surface area contributed by atoms with Gasteiger partial charge in [0.05, 0.1) is 6.07 Å². The number of hydrogen-bond acceptors (Lipinski definition) is 3. The van der Waals surface area contributed by atoms with Crippen LogP contribution in [0.2, 0.25) is 0 Å². The van der Waals surface area contributed by atoms with Crippen LogP contribution in [-0.2, 0) is 4.79 Å². The molecule has 0 saturated heterocycles. The molecule has 0 aliphatic rings. The van der Waals surface area contributed by atoms with E-state index in [1.165, 1.54) is 0 Å². The first kappa shape index (κ1) is 13.9. The molecular weight excluding hydrogens is 190 g/mol. The molecule has 0 aromatic carbocycles. The number of likely N-dealkylation sites (N-methyl/N-ethyl adjacent to an activating group) is 1. The van der Waals surface area contributed by atoms with E-state index in [2.05, 4.69) is 5.32 Å². The normalized spacial score (nSPS) is 12.4. The Hall–Kier alpha value is -1.08. The van der Waals surface area contributed by atoms with E-state index in [4.69, 9.17) is 5.26 Å². The quantitative estimate of drug-likeness (QED) is 0.754. The van der Waals surface area contributed by atoms with E-state index in [9.17, 15) is 4.79 Å². The zero-order chi connectivity index (χ0) is 12.3. The number of nitrogens with one attached hydrogen (secondary N) is 1. The van der Waals surface area contributed by atoms with Gasteiger partial charge in [0.1, 0.15) is 5.41 Å². The number of nitrogens with zero attached hydrogens (tertiary/aromatic N) is 2. The van der Waals surface area contributed by atoms with Crippen LogP contribution in [0.1, 0.15) is 27.7 Å². The second-order valence-corrected chi connectivity index (χ2v) is 5.13. The molecular formula is C11H21N3O. The molecule has 0 unspecified atom stereocenters. The Morgan fingerprint density at radius 1 is 1.33 bits per heavy atom. The van der Waals surface area contributed by atoms with Crippen LogP contribution in [0, 0.1) is 16.7 Å². The molecule has 0 aliphatic carbocycles. The Bertz CT molecular complexity index is 274. The molecule has 4 nitrogen and oxygen atoms in total. The molecule has 0 aliphatic heterocycles. The van der Waals surface area contributed by atoms with Crippen molar-refractivity contribution in [2.45, 2.75) is 33.2 Å². The zero-order valence-electron chi connectivity index (χ0n) is 10.5. The summed E-state index contributed by atoms with van der Waals surface area (Å²) >= 11 is 0. The number of hydrogen-bond donors (Lipinski definition) is 1. The molecule has 0 rings (SSSR count). The lowest BCUT2D eigenvalue weighted by atomic mass is 9.94. The predicted molar refractivity (Wildman–Crippen MR) is 60.2 cm³/mol. The van der Waals surface area contributed by atoms with Gasteiger partial charge >= 0.3 is 0 Å². The molecule has 0 heterocycles. The summed E-state index contributed by atoms with van der Waals surface area (Å²) in [5.41, 5.74) is -1.07. The molecule has 4 heteroatoms. The summed E-state index contributed by atoms with van der Waals surface area (Å²) < 4.78 is 0. The largest absolute Gasteiger partial charge is 0.353 e. The number of carbonyl (C=O) groups excluding carboxylic acids is 1. The molecule has 86 valence electrons. The summed E-state index contributed by atoms with van der Waals surface area (Å²) in [6.07, 6.45) is 0. The van der Waals surface area contributed by atoms with Crippen LogP contribution in [0.4, 0.5) is 0 Å². The number of nitriles is 1. The SMILES string of the molecule is CN(C)C(C)(C)CNC(=O)C(C)(C)C#N. The lowest BCUT2D eigenvalue weighted by Crippen LogP contribution is -2.50. The summed E-state index contributed by atoms with van der Waals surface area (Å²) in [5.74, 6) is -0.222. The summed E-state index contributed by atoms with van der Waals surface area (Å²) in [7, 11) is 3.92. The van der Waals surface area contributed by atoms with E-state index in [1.54, 1.807) is 13.8 Å². The van der Waals surface area contributed by atoms with Crippen LogP contribution < -0.4 is 5.32 Å². The van der Waals surface area contributed by atoms with Gasteiger partial charge in [-0.05, 0) is 41.8 Å². The minimum Gasteiger partial charge on any atom is -0.353 e. The Kier molecular flexibility index (Phi) is 4.29. The minimum absolute atomic E-state index is 0.110. The fourth-order valence-corrected chi connectivity index (χ4v) is 0.726. The van der Waals surface area contributed by atoms with E-state index < -0.39 is 5.41 Å². The van der Waals surface area contributed by atoms with E-state index in [-0.39, 0.29) is 11.4 Å². The number of carbonyl (C=O) groups is 1. The third-order valence-electron chi connectivity index (χ3n) is 2.74. The average molecular weight is 211 g/mol. The molecule has 1 N–H and O–H groups in total. The summed E-state index contributed by atoms with van der Waals surface area (Å²) in [4.78, 5) is 13.6. The second-order valence-electron chi connectivity index (χ2n) is 5.13. The molecule has 0 spiro atoms. The standard InChI is InChI=1S/C11H21N3O/c1-10(2,7-12)9(15)13-8-11(3,4)14(5)6/h8H2,1-6H3,(H,13,15). The number of rotatable bonds is 4. The molecule has 0 atom stereocenters. The van der Waals surface area contributed by atoms with Crippen LogP contribution in [0.5, 0.6) is 0 Å². The zero-order valence-corrected chi connectivity index (χ0v) is 10.5. The molecule has 1 amide bonds. The first-order valence-corrected chi connectivity index (χ1v) is 5.00. The van der Waals surface area contributed by atoms with E-state index in [0.29, 0.717) is 6.54 Å². The molecule has 0 radical (unpaired) electrons. The van der Waals surface area contributed by atoms with Gasteiger partial charge in [0.15, 0.2) is 0 Å². The van der Waals surface area contributed by atoms with Gasteiger partial charge in [-0.2, -0.15) is 5.26 Å². The van der Waals surface area contributed by atoms with Crippen LogP contribution in [0.15, 0.2) is 0 Å². The van der Waals surface area contributed by atoms with Gasteiger partial charge in [0, 0.05) is 12.1 Å². The summed E-state index contributed by atoms with van der Waals surface area (Å²) in [6.45, 7) is 7.83. The maximum Gasteiger partial charge on any atom is 0.239 e. The van der Waals surface area contributed by atoms with Crippen LogP contribution in [0.3, 0.4) is 0 Å². The lowest BCUT2D eigenvalue weighted by molar-refractivity contribution is -0.127. The monoisotopic (exact) mass is 211 g/mol. The fraction of sp³-hybridized carbons (Fsp3) is 0.818. The van der Waals surface area contributed by atoms with Crippen molar-refractivity contribution in [2.75, 3.05) is 20.6 Å². The van der Waals surface area contributed by atoms with Crippen LogP contribution in [0.25, 0.3) is 0 Å². The van der Waals surface area contributed by atoms with Gasteiger partial charge in [0.25, 0.3) is 0 Å². The summed E-state index contributed by atoms with van der Waals surface area (Å²) in [6, 6.07) is 1.98. The first-order chi connectivity index (χ1) is 6.63. The first-order valence-electron chi connectivity index (χ1n) is 5.00. The third-order valence-corrected chi connectivity index (χ3v) is 2.74. The molecule has 0 saturated carbocycles. The highest BCUT2D eigenvalue weighted by molar-refractivity contribution is 5.84. The van der Waals surface area contributed by atoms with Gasteiger partial charge < -0.3 is 10.2 Å². The minimum atomic E-state index is -0.956. The van der Waals surface area contributed by atoms with Gasteiger partial charge in [-0.3, -0.25) is 4.79 Å². The number of amides is 1. The average Bonchev–Trinajstić information content (AvgIpc) is 2.13. The van der Waals surface area contributed by atoms with Crippen molar-refractivity contribution in [1.82, 2.24) is 10.2 Å². The van der Waals surface area contributed by atoms with Gasteiger partial charge in [-0.15, -0.1) is 0 Å². The van der Waals surface area contributed by atoms with Gasteiger partial charge in [-0.1, -0.05) is 0 Å². The Labute approximate surface area is 92.3 Å². The maximum atomic E-state index is 11.6. The lowest BCUT2D eigenvalue weighted by Gasteiger charge is -2.33. The van der Waals surface area contributed by atoms with Crippen molar-refractivity contribution < 1.29 is 4.79 Å².